The van der Waals surface area contributed by atoms with Gasteiger partial charge in [0.25, 0.3) is 0 Å². The van der Waals surface area contributed by atoms with Crippen molar-refractivity contribution in [2.24, 2.45) is 0 Å². The van der Waals surface area contributed by atoms with Crippen molar-refractivity contribution in [2.45, 2.75) is 44.8 Å². The van der Waals surface area contributed by atoms with Crippen LogP contribution in [0.25, 0.3) is 0 Å². The van der Waals surface area contributed by atoms with E-state index >= 15 is 0 Å². The normalized spacial score (nSPS) is 15.7. The Bertz CT molecular complexity index is 628. The summed E-state index contributed by atoms with van der Waals surface area (Å²) >= 11 is 7.19. The number of halogens is 2. The van der Waals surface area contributed by atoms with Gasteiger partial charge in [0.2, 0.25) is 0 Å². The van der Waals surface area contributed by atoms with E-state index in [4.69, 9.17) is 16.3 Å². The Morgan fingerprint density at radius 3 is 2.82 bits per heavy atom. The van der Waals surface area contributed by atoms with Gasteiger partial charge in [-0.15, -0.1) is 11.3 Å². The Morgan fingerprint density at radius 2 is 2.14 bits per heavy atom. The van der Waals surface area contributed by atoms with Gasteiger partial charge in [0, 0.05) is 22.8 Å². The average molecular weight is 341 g/mol. The fourth-order valence-corrected chi connectivity index (χ4v) is 3.54. The van der Waals surface area contributed by atoms with Gasteiger partial charge in [-0.25, -0.2) is 9.37 Å². The first-order chi connectivity index (χ1) is 10.7. The molecule has 0 aliphatic heterocycles. The number of anilines is 1. The minimum Gasteiger partial charge on any atom is -0.487 e. The van der Waals surface area contributed by atoms with Crippen LogP contribution in [0.5, 0.6) is 5.75 Å². The summed E-state index contributed by atoms with van der Waals surface area (Å²) in [5, 5.41) is 3.16. The highest BCUT2D eigenvalue weighted by Crippen LogP contribution is 2.27. The lowest BCUT2D eigenvalue weighted by atomic mass is 9.98. The van der Waals surface area contributed by atoms with Crippen LogP contribution in [-0.2, 0) is 6.54 Å². The molecule has 0 spiro atoms. The van der Waals surface area contributed by atoms with Crippen LogP contribution in [0.2, 0.25) is 4.47 Å². The molecule has 1 aliphatic carbocycles. The predicted molar refractivity (Wildman–Crippen MR) is 88.4 cm³/mol. The molecule has 2 aromatic rings. The third-order valence-corrected chi connectivity index (χ3v) is 4.88. The third-order valence-electron chi connectivity index (χ3n) is 3.77. The Hall–Kier alpha value is -1.33. The molecule has 1 N–H and O–H groups in total. The molecule has 0 unspecified atom stereocenters. The van der Waals surface area contributed by atoms with E-state index < -0.39 is 0 Å². The van der Waals surface area contributed by atoms with E-state index in [9.17, 15) is 4.39 Å². The van der Waals surface area contributed by atoms with Gasteiger partial charge in [-0.3, -0.25) is 0 Å². The largest absolute Gasteiger partial charge is 0.487 e. The summed E-state index contributed by atoms with van der Waals surface area (Å²) in [6, 6.07) is 5.01. The number of hydrogen-bond acceptors (Lipinski definition) is 4. The van der Waals surface area contributed by atoms with Crippen LogP contribution in [0.15, 0.2) is 24.4 Å². The lowest BCUT2D eigenvalue weighted by Gasteiger charge is -2.23. The standard InChI is InChI=1S/C16H18ClFN2OS/c17-16-20-10-13(22-16)9-19-11-6-7-15(14(18)8-11)21-12-4-2-1-3-5-12/h6-8,10,12,19H,1-5,9H2. The molecule has 3 nitrogen and oxygen atoms in total. The second-order valence-electron chi connectivity index (χ2n) is 5.46. The molecule has 1 aliphatic rings. The molecular weight excluding hydrogens is 323 g/mol. The average Bonchev–Trinajstić information content (AvgIpc) is 2.94. The fraction of sp³-hybridized carbons (Fsp3) is 0.438. The van der Waals surface area contributed by atoms with Gasteiger partial charge in [-0.2, -0.15) is 0 Å². The van der Waals surface area contributed by atoms with Gasteiger partial charge in [0.05, 0.1) is 12.6 Å². The van der Waals surface area contributed by atoms with E-state index in [1.54, 1.807) is 12.3 Å². The Morgan fingerprint density at radius 1 is 1.32 bits per heavy atom. The quantitative estimate of drug-likeness (QED) is 0.806. The van der Waals surface area contributed by atoms with Crippen molar-refractivity contribution in [3.05, 3.63) is 39.6 Å². The summed E-state index contributed by atoms with van der Waals surface area (Å²) in [6.07, 6.45) is 7.51. The maximum atomic E-state index is 14.1. The van der Waals surface area contributed by atoms with Gasteiger partial charge in [-0.05, 0) is 37.8 Å². The zero-order valence-corrected chi connectivity index (χ0v) is 13.7. The zero-order valence-electron chi connectivity index (χ0n) is 12.1. The number of nitrogens with zero attached hydrogens (tertiary/aromatic N) is 1. The molecule has 1 aromatic carbocycles. The van der Waals surface area contributed by atoms with Crippen LogP contribution in [-0.4, -0.2) is 11.1 Å². The maximum Gasteiger partial charge on any atom is 0.183 e. The van der Waals surface area contributed by atoms with Crippen LogP contribution in [0, 0.1) is 5.82 Å². The van der Waals surface area contributed by atoms with Crippen LogP contribution in [0.3, 0.4) is 0 Å². The van der Waals surface area contributed by atoms with Crippen molar-refractivity contribution in [3.8, 4) is 5.75 Å². The number of ether oxygens (including phenoxy) is 1. The van der Waals surface area contributed by atoms with Crippen LogP contribution >= 0.6 is 22.9 Å². The molecule has 0 amide bonds. The van der Waals surface area contributed by atoms with Gasteiger partial charge < -0.3 is 10.1 Å². The van der Waals surface area contributed by atoms with Crippen molar-refractivity contribution in [1.82, 2.24) is 4.98 Å². The van der Waals surface area contributed by atoms with Gasteiger partial charge in [-0.1, -0.05) is 18.0 Å². The smallest absolute Gasteiger partial charge is 0.183 e. The van der Waals surface area contributed by atoms with Crippen LogP contribution in [0.1, 0.15) is 37.0 Å². The minimum absolute atomic E-state index is 0.154. The van der Waals surface area contributed by atoms with E-state index in [0.29, 0.717) is 16.8 Å². The minimum atomic E-state index is -0.321. The third kappa shape index (κ3) is 4.11. The van der Waals surface area contributed by atoms with Crippen molar-refractivity contribution in [3.63, 3.8) is 0 Å². The van der Waals surface area contributed by atoms with E-state index in [0.717, 1.165) is 23.4 Å². The first kappa shape index (κ1) is 15.6. The van der Waals surface area contributed by atoms with E-state index in [1.807, 2.05) is 6.07 Å². The lowest BCUT2D eigenvalue weighted by molar-refractivity contribution is 0.149. The van der Waals surface area contributed by atoms with Gasteiger partial charge >= 0.3 is 0 Å². The van der Waals surface area contributed by atoms with Crippen LogP contribution in [0.4, 0.5) is 10.1 Å². The van der Waals surface area contributed by atoms with Crippen molar-refractivity contribution in [1.29, 1.82) is 0 Å². The molecule has 1 aromatic heterocycles. The molecule has 6 heteroatoms. The molecule has 1 saturated carbocycles. The molecule has 0 bridgehead atoms. The summed E-state index contributed by atoms with van der Waals surface area (Å²) in [5.74, 6) is 0.0243. The van der Waals surface area contributed by atoms with Crippen molar-refractivity contribution < 1.29 is 9.13 Å². The van der Waals surface area contributed by atoms with Crippen LogP contribution < -0.4 is 10.1 Å². The number of rotatable bonds is 5. The number of benzene rings is 1. The molecule has 3 rings (SSSR count). The highest BCUT2D eigenvalue weighted by Gasteiger charge is 2.16. The number of thiazole rings is 1. The fourth-order valence-electron chi connectivity index (χ4n) is 2.62. The number of nitrogens with one attached hydrogen (secondary N) is 1. The van der Waals surface area contributed by atoms with Crippen molar-refractivity contribution >= 4 is 28.6 Å². The summed E-state index contributed by atoms with van der Waals surface area (Å²) in [7, 11) is 0. The maximum absolute atomic E-state index is 14.1. The SMILES string of the molecule is Fc1cc(NCc2cnc(Cl)s2)ccc1OC1CCCCC1. The number of aromatic nitrogens is 1. The molecule has 22 heavy (non-hydrogen) atoms. The monoisotopic (exact) mass is 340 g/mol. The van der Waals surface area contributed by atoms with E-state index in [2.05, 4.69) is 10.3 Å². The summed E-state index contributed by atoms with van der Waals surface area (Å²) in [4.78, 5) is 4.98. The first-order valence-corrected chi connectivity index (χ1v) is 8.70. The second kappa shape index (κ2) is 7.29. The summed E-state index contributed by atoms with van der Waals surface area (Å²) in [6.45, 7) is 0.576. The van der Waals surface area contributed by atoms with Crippen molar-refractivity contribution in [2.75, 3.05) is 5.32 Å². The molecule has 0 radical (unpaired) electrons. The zero-order chi connectivity index (χ0) is 15.4. The molecule has 0 atom stereocenters. The second-order valence-corrected chi connectivity index (χ2v) is 7.15. The summed E-state index contributed by atoms with van der Waals surface area (Å²) in [5.41, 5.74) is 0.720. The predicted octanol–water partition coefficient (Wildman–Crippen LogP) is 5.26. The Kier molecular flexibility index (Phi) is 5.16. The number of hydrogen-bond donors (Lipinski definition) is 1. The highest BCUT2D eigenvalue weighted by molar-refractivity contribution is 7.15. The molecule has 118 valence electrons. The molecule has 0 saturated heterocycles. The summed E-state index contributed by atoms with van der Waals surface area (Å²) < 4.78 is 20.4. The molecule has 1 heterocycles. The lowest BCUT2D eigenvalue weighted by Crippen LogP contribution is -2.20. The van der Waals surface area contributed by atoms with E-state index in [1.165, 1.54) is 36.7 Å². The molecular formula is C16H18ClFN2OS. The Labute approximate surface area is 138 Å². The first-order valence-electron chi connectivity index (χ1n) is 7.51. The molecule has 1 fully saturated rings. The van der Waals surface area contributed by atoms with Gasteiger partial charge in [0.15, 0.2) is 16.0 Å². The topological polar surface area (TPSA) is 34.2 Å². The highest BCUT2D eigenvalue weighted by atomic mass is 35.5. The van der Waals surface area contributed by atoms with E-state index in [-0.39, 0.29) is 11.9 Å². The Balaban J connectivity index is 1.58. The van der Waals surface area contributed by atoms with Gasteiger partial charge in [0.1, 0.15) is 0 Å².